The molecular formula is C11H24N4O2. The number of aliphatic hydroxyl groups excluding tert-OH is 1. The Labute approximate surface area is 103 Å². The number of nitrogens with zero attached hydrogens (tertiary/aromatic N) is 3. The van der Waals surface area contributed by atoms with E-state index in [9.17, 15) is 5.11 Å². The van der Waals surface area contributed by atoms with E-state index in [1.54, 1.807) is 0 Å². The van der Waals surface area contributed by atoms with Crippen LogP contribution in [0.1, 0.15) is 0 Å². The van der Waals surface area contributed by atoms with E-state index in [0.717, 1.165) is 32.7 Å². The molecule has 2 aliphatic heterocycles. The van der Waals surface area contributed by atoms with Crippen molar-refractivity contribution in [2.75, 3.05) is 53.9 Å². The molecule has 2 aliphatic rings. The lowest BCUT2D eigenvalue weighted by atomic mass is 10.3. The number of piperazine rings is 2. The minimum atomic E-state index is -0.602. The van der Waals surface area contributed by atoms with Crippen LogP contribution in [0.4, 0.5) is 0 Å². The molecule has 100 valence electrons. The normalized spacial score (nSPS) is 38.5. The molecule has 0 saturated carbocycles. The molecule has 0 aliphatic carbocycles. The lowest BCUT2D eigenvalue weighted by molar-refractivity contribution is -0.210. The first-order valence-electron chi connectivity index (χ1n) is 6.24. The molecule has 2 fully saturated rings. The summed E-state index contributed by atoms with van der Waals surface area (Å²) in [5.41, 5.74) is 0. The summed E-state index contributed by atoms with van der Waals surface area (Å²) in [5.74, 6) is 0. The molecular weight excluding hydrogens is 220 g/mol. The van der Waals surface area contributed by atoms with Crippen LogP contribution in [0.3, 0.4) is 0 Å². The van der Waals surface area contributed by atoms with Crippen molar-refractivity contribution < 1.29 is 9.84 Å². The number of rotatable bonds is 2. The molecule has 2 saturated heterocycles. The Hall–Kier alpha value is -0.240. The zero-order valence-electron chi connectivity index (χ0n) is 11.0. The van der Waals surface area contributed by atoms with E-state index < -0.39 is 6.23 Å². The van der Waals surface area contributed by atoms with E-state index >= 15 is 0 Å². The van der Waals surface area contributed by atoms with Gasteiger partial charge in [-0.15, -0.1) is 0 Å². The summed E-state index contributed by atoms with van der Waals surface area (Å²) in [6, 6.07) is 0. The third kappa shape index (κ3) is 3.15. The fourth-order valence-electron chi connectivity index (χ4n) is 2.31. The molecule has 3 unspecified atom stereocenters. The highest BCUT2D eigenvalue weighted by Crippen LogP contribution is 2.14. The van der Waals surface area contributed by atoms with Crippen molar-refractivity contribution in [3.63, 3.8) is 0 Å². The average molecular weight is 244 g/mol. The Morgan fingerprint density at radius 3 is 2.59 bits per heavy atom. The first-order valence-corrected chi connectivity index (χ1v) is 6.24. The molecule has 3 atom stereocenters. The van der Waals surface area contributed by atoms with Crippen LogP contribution in [0, 0.1) is 0 Å². The van der Waals surface area contributed by atoms with E-state index in [0.29, 0.717) is 0 Å². The number of aliphatic hydroxyl groups is 1. The summed E-state index contributed by atoms with van der Waals surface area (Å²) < 4.78 is 6.04. The molecule has 0 aromatic rings. The second kappa shape index (κ2) is 5.60. The summed E-state index contributed by atoms with van der Waals surface area (Å²) in [5, 5.41) is 12.9. The van der Waals surface area contributed by atoms with Crippen LogP contribution in [-0.2, 0) is 4.74 Å². The predicted octanol–water partition coefficient (Wildman–Crippen LogP) is -1.61. The quantitative estimate of drug-likeness (QED) is 0.609. The van der Waals surface area contributed by atoms with Gasteiger partial charge in [-0.1, -0.05) is 0 Å². The standard InChI is InChI=1S/C11H24N4O2/c1-13-6-7-14(2)9(8-13)17-11-10(16)12-4-5-15(11)3/h9-12,16H,4-8H2,1-3H3. The number of ether oxygens (including phenoxy) is 1. The van der Waals surface area contributed by atoms with Gasteiger partial charge in [-0.25, -0.2) is 0 Å². The number of likely N-dealkylation sites (N-methyl/N-ethyl adjacent to an activating group) is 3. The second-order valence-corrected chi connectivity index (χ2v) is 5.10. The van der Waals surface area contributed by atoms with Crippen LogP contribution in [0.5, 0.6) is 0 Å². The van der Waals surface area contributed by atoms with Crippen LogP contribution in [0.25, 0.3) is 0 Å². The van der Waals surface area contributed by atoms with Crippen molar-refractivity contribution in [3.8, 4) is 0 Å². The van der Waals surface area contributed by atoms with Crippen molar-refractivity contribution in [3.05, 3.63) is 0 Å². The summed E-state index contributed by atoms with van der Waals surface area (Å²) in [4.78, 5) is 6.52. The lowest BCUT2D eigenvalue weighted by Gasteiger charge is -2.43. The highest BCUT2D eigenvalue weighted by molar-refractivity contribution is 4.78. The number of hydrogen-bond donors (Lipinski definition) is 2. The van der Waals surface area contributed by atoms with Gasteiger partial charge in [0.2, 0.25) is 0 Å². The molecule has 0 amide bonds. The minimum absolute atomic E-state index is 0.0516. The molecule has 0 bridgehead atoms. The Balaban J connectivity index is 1.93. The van der Waals surface area contributed by atoms with Crippen molar-refractivity contribution in [2.24, 2.45) is 0 Å². The van der Waals surface area contributed by atoms with Gasteiger partial charge in [0.15, 0.2) is 6.23 Å². The van der Waals surface area contributed by atoms with Gasteiger partial charge in [0.1, 0.15) is 12.5 Å². The molecule has 0 radical (unpaired) electrons. The smallest absolute Gasteiger partial charge is 0.152 e. The number of nitrogens with one attached hydrogen (secondary N) is 1. The zero-order chi connectivity index (χ0) is 12.4. The molecule has 0 aromatic heterocycles. The molecule has 2 heterocycles. The highest BCUT2D eigenvalue weighted by atomic mass is 16.5. The summed E-state index contributed by atoms with van der Waals surface area (Å²) in [7, 11) is 6.16. The van der Waals surface area contributed by atoms with E-state index in [1.165, 1.54) is 0 Å². The first kappa shape index (κ1) is 13.2. The average Bonchev–Trinajstić information content (AvgIpc) is 2.28. The van der Waals surface area contributed by atoms with E-state index in [1.807, 2.05) is 7.05 Å². The van der Waals surface area contributed by atoms with Crippen LogP contribution in [-0.4, -0.2) is 92.4 Å². The summed E-state index contributed by atoms with van der Waals surface area (Å²) >= 11 is 0. The Kier molecular flexibility index (Phi) is 4.35. The van der Waals surface area contributed by atoms with E-state index in [2.05, 4.69) is 34.1 Å². The fourth-order valence-corrected chi connectivity index (χ4v) is 2.31. The first-order chi connectivity index (χ1) is 8.08. The fraction of sp³-hybridized carbons (Fsp3) is 1.00. The van der Waals surface area contributed by atoms with Crippen molar-refractivity contribution >= 4 is 0 Å². The van der Waals surface area contributed by atoms with Crippen LogP contribution in [0.2, 0.25) is 0 Å². The molecule has 6 heteroatoms. The zero-order valence-corrected chi connectivity index (χ0v) is 11.0. The molecule has 6 nitrogen and oxygen atoms in total. The maximum absolute atomic E-state index is 9.91. The molecule has 2 rings (SSSR count). The Morgan fingerprint density at radius 1 is 1.12 bits per heavy atom. The topological polar surface area (TPSA) is 51.2 Å². The molecule has 17 heavy (non-hydrogen) atoms. The van der Waals surface area contributed by atoms with Gasteiger partial charge in [-0.3, -0.25) is 15.1 Å². The third-order valence-electron chi connectivity index (χ3n) is 3.61. The van der Waals surface area contributed by atoms with Crippen molar-refractivity contribution in [1.29, 1.82) is 0 Å². The molecule has 0 aromatic carbocycles. The van der Waals surface area contributed by atoms with Gasteiger partial charge in [0, 0.05) is 32.7 Å². The van der Waals surface area contributed by atoms with Crippen LogP contribution >= 0.6 is 0 Å². The third-order valence-corrected chi connectivity index (χ3v) is 3.61. The van der Waals surface area contributed by atoms with Gasteiger partial charge in [0.05, 0.1) is 0 Å². The summed E-state index contributed by atoms with van der Waals surface area (Å²) in [6.45, 7) is 4.65. The van der Waals surface area contributed by atoms with Gasteiger partial charge in [0.25, 0.3) is 0 Å². The monoisotopic (exact) mass is 244 g/mol. The maximum Gasteiger partial charge on any atom is 0.152 e. The van der Waals surface area contributed by atoms with Crippen LogP contribution < -0.4 is 5.32 Å². The molecule has 0 spiro atoms. The van der Waals surface area contributed by atoms with Crippen molar-refractivity contribution in [1.82, 2.24) is 20.0 Å². The van der Waals surface area contributed by atoms with Crippen LogP contribution in [0.15, 0.2) is 0 Å². The van der Waals surface area contributed by atoms with E-state index in [4.69, 9.17) is 4.74 Å². The highest BCUT2D eigenvalue weighted by Gasteiger charge is 2.33. The van der Waals surface area contributed by atoms with Gasteiger partial charge in [-0.05, 0) is 21.1 Å². The Morgan fingerprint density at radius 2 is 1.88 bits per heavy atom. The second-order valence-electron chi connectivity index (χ2n) is 5.10. The lowest BCUT2D eigenvalue weighted by Crippen LogP contribution is -2.61. The minimum Gasteiger partial charge on any atom is -0.374 e. The number of hydrogen-bond acceptors (Lipinski definition) is 6. The largest absolute Gasteiger partial charge is 0.374 e. The van der Waals surface area contributed by atoms with Gasteiger partial charge < -0.3 is 14.7 Å². The van der Waals surface area contributed by atoms with Gasteiger partial charge in [-0.2, -0.15) is 0 Å². The SMILES string of the molecule is CN1CCN(C)C(OC2C(O)NCCN2C)C1. The Bertz CT molecular complexity index is 244. The van der Waals surface area contributed by atoms with Gasteiger partial charge >= 0.3 is 0 Å². The predicted molar refractivity (Wildman–Crippen MR) is 65.4 cm³/mol. The van der Waals surface area contributed by atoms with Crippen molar-refractivity contribution in [2.45, 2.75) is 18.7 Å². The maximum atomic E-state index is 9.91. The van der Waals surface area contributed by atoms with E-state index in [-0.39, 0.29) is 12.5 Å². The summed E-state index contributed by atoms with van der Waals surface area (Å²) in [6.07, 6.45) is -0.812. The molecule has 2 N–H and O–H groups in total.